The van der Waals surface area contributed by atoms with Gasteiger partial charge in [0, 0.05) is 28.3 Å². The largest absolute Gasteiger partial charge is 0.493 e. The Morgan fingerprint density at radius 1 is 0.756 bits per heavy atom. The number of carbonyl (C=O) groups is 3. The number of ether oxygens (including phenoxy) is 2. The van der Waals surface area contributed by atoms with Gasteiger partial charge in [0.1, 0.15) is 11.5 Å². The summed E-state index contributed by atoms with van der Waals surface area (Å²) in [5, 5.41) is 0. The van der Waals surface area contributed by atoms with Gasteiger partial charge in [-0.25, -0.2) is 0 Å². The predicted octanol–water partition coefficient (Wildman–Crippen LogP) is 6.02. The number of ketones is 3. The lowest BCUT2D eigenvalue weighted by molar-refractivity contribution is 0.0665. The minimum Gasteiger partial charge on any atom is -0.493 e. The Bertz CT molecular complexity index is 1720. The highest BCUT2D eigenvalue weighted by atomic mass is 16.5. The van der Waals surface area contributed by atoms with E-state index in [0.717, 1.165) is 11.3 Å². The molecule has 41 heavy (non-hydrogen) atoms. The van der Waals surface area contributed by atoms with Gasteiger partial charge in [-0.1, -0.05) is 91.0 Å². The molecule has 0 amide bonds. The second kappa shape index (κ2) is 9.30. The molecule has 3 atom stereocenters. The monoisotopic (exact) mass is 541 g/mol. The summed E-state index contributed by atoms with van der Waals surface area (Å²) < 4.78 is 11.2. The van der Waals surface area contributed by atoms with Gasteiger partial charge in [-0.2, -0.15) is 0 Å². The highest BCUT2D eigenvalue weighted by molar-refractivity contribution is 6.32. The molecule has 1 saturated heterocycles. The van der Waals surface area contributed by atoms with Crippen LogP contribution in [0.4, 0.5) is 5.69 Å². The van der Waals surface area contributed by atoms with Gasteiger partial charge < -0.3 is 14.4 Å². The van der Waals surface area contributed by atoms with Crippen molar-refractivity contribution in [2.75, 3.05) is 19.1 Å². The quantitative estimate of drug-likeness (QED) is 0.227. The van der Waals surface area contributed by atoms with Crippen LogP contribution in [0.25, 0.3) is 6.08 Å². The van der Waals surface area contributed by atoms with Gasteiger partial charge in [-0.3, -0.25) is 14.4 Å². The summed E-state index contributed by atoms with van der Waals surface area (Å²) in [5.74, 6) is -0.524. The number of anilines is 1. The van der Waals surface area contributed by atoms with E-state index in [1.807, 2.05) is 65.6 Å². The SMILES string of the molecule is COc1ccc([C@@H]2[C@H](C(=O)c3ccccc3)N3c4ccccc4C=C[C@@H]3C23C(=O)c2ccccc2C3=O)cc1OC. The molecule has 6 heteroatoms. The number of hydrogen-bond donors (Lipinski definition) is 0. The van der Waals surface area contributed by atoms with Crippen LogP contribution in [-0.2, 0) is 0 Å². The Morgan fingerprint density at radius 3 is 2.07 bits per heavy atom. The first-order valence-corrected chi connectivity index (χ1v) is 13.6. The van der Waals surface area contributed by atoms with Crippen molar-refractivity contribution in [3.8, 4) is 11.5 Å². The molecule has 0 radical (unpaired) electrons. The zero-order chi connectivity index (χ0) is 28.3. The van der Waals surface area contributed by atoms with Crippen molar-refractivity contribution in [1.82, 2.24) is 0 Å². The first-order valence-electron chi connectivity index (χ1n) is 13.6. The van der Waals surface area contributed by atoms with Crippen molar-refractivity contribution >= 4 is 29.1 Å². The number of carbonyl (C=O) groups excluding carboxylic acids is 3. The summed E-state index contributed by atoms with van der Waals surface area (Å²) in [7, 11) is 3.10. The lowest BCUT2D eigenvalue weighted by atomic mass is 9.64. The number of rotatable bonds is 5. The Labute approximate surface area is 237 Å². The summed E-state index contributed by atoms with van der Waals surface area (Å²) in [6.07, 6.45) is 3.89. The van der Waals surface area contributed by atoms with E-state index in [2.05, 4.69) is 0 Å². The summed E-state index contributed by atoms with van der Waals surface area (Å²) >= 11 is 0. The maximum absolute atomic E-state index is 14.7. The number of para-hydroxylation sites is 1. The Hall–Kier alpha value is -4.97. The van der Waals surface area contributed by atoms with Gasteiger partial charge in [0.2, 0.25) is 0 Å². The average molecular weight is 542 g/mol. The van der Waals surface area contributed by atoms with E-state index in [1.54, 1.807) is 62.8 Å². The molecule has 0 bridgehead atoms. The first kappa shape index (κ1) is 25.0. The molecule has 0 saturated carbocycles. The van der Waals surface area contributed by atoms with E-state index < -0.39 is 23.4 Å². The standard InChI is InChI=1S/C35H27NO5/c1-40-27-18-16-23(20-28(27)41-2)30-31(32(37)22-11-4-3-5-12-22)36-26-15-9-6-10-21(26)17-19-29(36)35(30)33(38)24-13-7-8-14-25(24)34(35)39/h3-20,29-31H,1-2H3/t29-,30-,31-/m1/s1. The van der Waals surface area contributed by atoms with Crippen LogP contribution in [0.15, 0.2) is 103 Å². The zero-order valence-corrected chi connectivity index (χ0v) is 22.6. The molecule has 0 unspecified atom stereocenters. The molecule has 0 N–H and O–H groups in total. The third-order valence-electron chi connectivity index (χ3n) is 8.81. The van der Waals surface area contributed by atoms with Gasteiger partial charge in [0.05, 0.1) is 20.3 Å². The molecule has 1 fully saturated rings. The van der Waals surface area contributed by atoms with E-state index in [0.29, 0.717) is 33.8 Å². The van der Waals surface area contributed by atoms with Crippen LogP contribution in [0, 0.1) is 5.41 Å². The molecule has 3 aliphatic rings. The molecule has 1 spiro atoms. The van der Waals surface area contributed by atoms with Gasteiger partial charge in [0.15, 0.2) is 28.8 Å². The summed E-state index contributed by atoms with van der Waals surface area (Å²) in [6, 6.07) is 27.7. The van der Waals surface area contributed by atoms with Crippen molar-refractivity contribution < 1.29 is 23.9 Å². The fourth-order valence-electron chi connectivity index (χ4n) is 7.11. The molecule has 7 rings (SSSR count). The van der Waals surface area contributed by atoms with Gasteiger partial charge in [0.25, 0.3) is 0 Å². The van der Waals surface area contributed by atoms with Crippen molar-refractivity contribution in [1.29, 1.82) is 0 Å². The molecule has 202 valence electrons. The second-order valence-electron chi connectivity index (χ2n) is 10.6. The minimum atomic E-state index is -1.57. The number of benzene rings is 4. The number of Topliss-reactive ketones (excluding diaryl/α,β-unsaturated/α-hetero) is 3. The third kappa shape index (κ3) is 3.34. The van der Waals surface area contributed by atoms with E-state index >= 15 is 0 Å². The molecule has 4 aromatic rings. The van der Waals surface area contributed by atoms with E-state index in [-0.39, 0.29) is 17.3 Å². The fraction of sp³-hybridized carbons (Fsp3) is 0.171. The molecule has 1 aliphatic carbocycles. The van der Waals surface area contributed by atoms with Crippen LogP contribution < -0.4 is 14.4 Å². The maximum atomic E-state index is 14.7. The van der Waals surface area contributed by atoms with E-state index in [1.165, 1.54) is 0 Å². The predicted molar refractivity (Wildman–Crippen MR) is 156 cm³/mol. The minimum absolute atomic E-state index is 0.158. The van der Waals surface area contributed by atoms with Crippen LogP contribution in [0.1, 0.15) is 48.1 Å². The topological polar surface area (TPSA) is 72.9 Å². The van der Waals surface area contributed by atoms with Crippen molar-refractivity contribution in [3.05, 3.63) is 131 Å². The van der Waals surface area contributed by atoms with E-state index in [9.17, 15) is 14.4 Å². The number of methoxy groups -OCH3 is 2. The third-order valence-corrected chi connectivity index (χ3v) is 8.81. The Balaban J connectivity index is 1.56. The van der Waals surface area contributed by atoms with Gasteiger partial charge >= 0.3 is 0 Å². The highest BCUT2D eigenvalue weighted by Gasteiger charge is 2.71. The summed E-state index contributed by atoms with van der Waals surface area (Å²) in [5.41, 5.74) is 2.13. The first-order chi connectivity index (χ1) is 20.0. The highest BCUT2D eigenvalue weighted by Crippen LogP contribution is 2.61. The lowest BCUT2D eigenvalue weighted by Crippen LogP contribution is -2.48. The number of fused-ring (bicyclic) bond motifs is 5. The van der Waals surface area contributed by atoms with Crippen LogP contribution in [0.5, 0.6) is 11.5 Å². The fourth-order valence-corrected chi connectivity index (χ4v) is 7.11. The van der Waals surface area contributed by atoms with Crippen molar-refractivity contribution in [3.63, 3.8) is 0 Å². The normalized spacial score (nSPS) is 21.4. The van der Waals surface area contributed by atoms with Crippen LogP contribution in [-0.4, -0.2) is 43.7 Å². The molecular formula is C35H27NO5. The van der Waals surface area contributed by atoms with Crippen LogP contribution in [0.2, 0.25) is 0 Å². The molecule has 4 aromatic carbocycles. The number of nitrogens with zero attached hydrogens (tertiary/aromatic N) is 1. The lowest BCUT2D eigenvalue weighted by Gasteiger charge is -2.37. The summed E-state index contributed by atoms with van der Waals surface area (Å²) in [6.45, 7) is 0. The number of hydrogen-bond acceptors (Lipinski definition) is 6. The van der Waals surface area contributed by atoms with E-state index in [4.69, 9.17) is 9.47 Å². The molecule has 2 aliphatic heterocycles. The zero-order valence-electron chi connectivity index (χ0n) is 22.6. The second-order valence-corrected chi connectivity index (χ2v) is 10.6. The molecule has 0 aromatic heterocycles. The van der Waals surface area contributed by atoms with Crippen molar-refractivity contribution in [2.45, 2.75) is 18.0 Å². The van der Waals surface area contributed by atoms with Gasteiger partial charge in [-0.15, -0.1) is 0 Å². The smallest absolute Gasteiger partial charge is 0.185 e. The Kier molecular flexibility index (Phi) is 5.68. The summed E-state index contributed by atoms with van der Waals surface area (Å²) in [4.78, 5) is 46.1. The molecule has 6 nitrogen and oxygen atoms in total. The van der Waals surface area contributed by atoms with Gasteiger partial charge in [-0.05, 0) is 29.3 Å². The van der Waals surface area contributed by atoms with Crippen LogP contribution >= 0.6 is 0 Å². The van der Waals surface area contributed by atoms with Crippen molar-refractivity contribution in [2.24, 2.45) is 5.41 Å². The average Bonchev–Trinajstić information content (AvgIpc) is 3.47. The Morgan fingerprint density at radius 2 is 1.39 bits per heavy atom. The van der Waals surface area contributed by atoms with Crippen LogP contribution in [0.3, 0.4) is 0 Å². The maximum Gasteiger partial charge on any atom is 0.185 e. The molecule has 2 heterocycles. The molecular weight excluding hydrogens is 514 g/mol.